The van der Waals surface area contributed by atoms with Crippen LogP contribution in [-0.2, 0) is 9.84 Å². The van der Waals surface area contributed by atoms with Crippen LogP contribution >= 0.6 is 11.6 Å². The first-order chi connectivity index (χ1) is 8.36. The number of hydrogen-bond acceptors (Lipinski definition) is 4. The van der Waals surface area contributed by atoms with E-state index < -0.39 is 33.0 Å². The molecular weight excluding hydrogens is 274 g/mol. The van der Waals surface area contributed by atoms with Gasteiger partial charge < -0.3 is 5.11 Å². The zero-order valence-corrected chi connectivity index (χ0v) is 11.2. The Balaban J connectivity index is 2.46. The van der Waals surface area contributed by atoms with E-state index in [1.165, 1.54) is 0 Å². The highest BCUT2D eigenvalue weighted by atomic mass is 35.5. The molecule has 0 amide bonds. The monoisotopic (exact) mass is 285 g/mol. The summed E-state index contributed by atoms with van der Waals surface area (Å²) >= 11 is 5.77. The van der Waals surface area contributed by atoms with Gasteiger partial charge in [0.15, 0.2) is 9.84 Å². The minimum atomic E-state index is -3.38. The molecule has 0 aliphatic heterocycles. The van der Waals surface area contributed by atoms with Gasteiger partial charge in [-0.05, 0) is 17.7 Å². The Morgan fingerprint density at radius 2 is 2.00 bits per heavy atom. The Bertz CT molecular complexity index is 605. The Morgan fingerprint density at radius 1 is 1.44 bits per heavy atom. The van der Waals surface area contributed by atoms with Crippen molar-refractivity contribution in [2.24, 2.45) is 5.41 Å². The van der Waals surface area contributed by atoms with E-state index in [0.717, 1.165) is 6.26 Å². The SMILES string of the molecule is CS(=O)(=O)[C@@H]1[C@H](c2ccc(Cl)cc2)[C@@]1(C#N)CO. The van der Waals surface area contributed by atoms with E-state index >= 15 is 0 Å². The van der Waals surface area contributed by atoms with Gasteiger partial charge in [-0.3, -0.25) is 0 Å². The van der Waals surface area contributed by atoms with Gasteiger partial charge in [0.05, 0.1) is 17.9 Å². The average Bonchev–Trinajstić information content (AvgIpc) is 3.00. The van der Waals surface area contributed by atoms with Crippen LogP contribution in [0.4, 0.5) is 0 Å². The first-order valence-corrected chi connectivity index (χ1v) is 7.66. The second kappa shape index (κ2) is 4.23. The van der Waals surface area contributed by atoms with Gasteiger partial charge in [-0.25, -0.2) is 8.42 Å². The molecule has 0 heterocycles. The molecule has 1 fully saturated rings. The van der Waals surface area contributed by atoms with Gasteiger partial charge in [0.2, 0.25) is 0 Å². The number of sulfone groups is 1. The van der Waals surface area contributed by atoms with Crippen LogP contribution in [0.2, 0.25) is 5.02 Å². The third kappa shape index (κ3) is 1.91. The highest BCUT2D eigenvalue weighted by Crippen LogP contribution is 2.62. The number of aliphatic hydroxyl groups is 1. The minimum Gasteiger partial charge on any atom is -0.395 e. The average molecular weight is 286 g/mol. The second-order valence-corrected chi connectivity index (χ2v) is 7.19. The summed E-state index contributed by atoms with van der Waals surface area (Å²) in [5.41, 5.74) is -0.507. The minimum absolute atomic E-state index is 0.464. The van der Waals surface area contributed by atoms with Gasteiger partial charge in [0.1, 0.15) is 5.41 Å². The van der Waals surface area contributed by atoms with E-state index in [1.807, 2.05) is 6.07 Å². The molecule has 96 valence electrons. The van der Waals surface area contributed by atoms with Gasteiger partial charge in [-0.1, -0.05) is 23.7 Å². The number of rotatable bonds is 3. The van der Waals surface area contributed by atoms with E-state index in [-0.39, 0.29) is 0 Å². The third-order valence-corrected chi connectivity index (χ3v) is 5.28. The molecule has 4 nitrogen and oxygen atoms in total. The van der Waals surface area contributed by atoms with Crippen LogP contribution in [0.1, 0.15) is 11.5 Å². The summed E-state index contributed by atoms with van der Waals surface area (Å²) in [6.07, 6.45) is 1.09. The first-order valence-electron chi connectivity index (χ1n) is 5.33. The maximum Gasteiger partial charge on any atom is 0.152 e. The van der Waals surface area contributed by atoms with Crippen LogP contribution in [0, 0.1) is 16.7 Å². The van der Waals surface area contributed by atoms with Crippen molar-refractivity contribution in [2.75, 3.05) is 12.9 Å². The van der Waals surface area contributed by atoms with E-state index in [0.29, 0.717) is 10.6 Å². The number of nitriles is 1. The van der Waals surface area contributed by atoms with Crippen LogP contribution in [0.25, 0.3) is 0 Å². The molecule has 3 atom stereocenters. The van der Waals surface area contributed by atoms with Crippen molar-refractivity contribution in [2.45, 2.75) is 11.2 Å². The third-order valence-electron chi connectivity index (χ3n) is 3.42. The summed E-state index contributed by atoms with van der Waals surface area (Å²) in [6, 6.07) is 8.64. The lowest BCUT2D eigenvalue weighted by Gasteiger charge is -2.03. The first kappa shape index (κ1) is 13.3. The fourth-order valence-electron chi connectivity index (χ4n) is 2.53. The van der Waals surface area contributed by atoms with Crippen molar-refractivity contribution in [3.05, 3.63) is 34.9 Å². The standard InChI is InChI=1S/C12H12ClNO3S/c1-18(16,17)11-10(12(11,6-14)7-15)8-2-4-9(13)5-3-8/h2-5,10-11,15H,7H2,1H3/t10-,11+,12+/m0/s1. The van der Waals surface area contributed by atoms with Crippen LogP contribution < -0.4 is 0 Å². The number of hydrogen-bond donors (Lipinski definition) is 1. The van der Waals surface area contributed by atoms with Crippen molar-refractivity contribution >= 4 is 21.4 Å². The molecule has 0 aromatic heterocycles. The molecule has 0 unspecified atom stereocenters. The van der Waals surface area contributed by atoms with Crippen LogP contribution in [0.5, 0.6) is 0 Å². The van der Waals surface area contributed by atoms with Crippen LogP contribution in [-0.4, -0.2) is 31.6 Å². The van der Waals surface area contributed by atoms with Gasteiger partial charge >= 0.3 is 0 Å². The fraction of sp³-hybridized carbons (Fsp3) is 0.417. The van der Waals surface area contributed by atoms with Crippen LogP contribution in [0.3, 0.4) is 0 Å². The van der Waals surface area contributed by atoms with Crippen molar-refractivity contribution in [1.82, 2.24) is 0 Å². The summed E-state index contributed by atoms with van der Waals surface area (Å²) in [5.74, 6) is -0.486. The molecule has 6 heteroatoms. The number of nitrogens with zero attached hydrogens (tertiary/aromatic N) is 1. The van der Waals surface area contributed by atoms with Crippen molar-refractivity contribution in [3.63, 3.8) is 0 Å². The summed E-state index contributed by atoms with van der Waals surface area (Å²) in [6.45, 7) is -0.464. The molecule has 1 aromatic rings. The molecule has 1 aliphatic rings. The van der Waals surface area contributed by atoms with Gasteiger partial charge in [0.25, 0.3) is 0 Å². The van der Waals surface area contributed by atoms with Crippen molar-refractivity contribution < 1.29 is 13.5 Å². The maximum absolute atomic E-state index is 11.7. The fourth-order valence-corrected chi connectivity index (χ4v) is 4.51. The zero-order valence-electron chi connectivity index (χ0n) is 9.67. The largest absolute Gasteiger partial charge is 0.395 e. The molecule has 0 radical (unpaired) electrons. The molecule has 0 spiro atoms. The Labute approximate surface area is 111 Å². The van der Waals surface area contributed by atoms with E-state index in [9.17, 15) is 18.8 Å². The van der Waals surface area contributed by atoms with E-state index in [2.05, 4.69) is 0 Å². The highest BCUT2D eigenvalue weighted by Gasteiger charge is 2.70. The number of benzene rings is 1. The summed E-state index contributed by atoms with van der Waals surface area (Å²) < 4.78 is 23.4. The normalized spacial score (nSPS) is 30.8. The lowest BCUT2D eigenvalue weighted by Crippen LogP contribution is -2.16. The quantitative estimate of drug-likeness (QED) is 0.909. The molecule has 0 saturated heterocycles. The molecular formula is C12H12ClNO3S. The summed E-state index contributed by atoms with van der Waals surface area (Å²) in [4.78, 5) is 0. The van der Waals surface area contributed by atoms with E-state index in [4.69, 9.17) is 11.6 Å². The van der Waals surface area contributed by atoms with Crippen LogP contribution in [0.15, 0.2) is 24.3 Å². The Kier molecular flexibility index (Phi) is 3.14. The number of halogens is 1. The van der Waals surface area contributed by atoms with Crippen molar-refractivity contribution in [3.8, 4) is 6.07 Å². The molecule has 1 aromatic carbocycles. The van der Waals surface area contributed by atoms with Gasteiger partial charge in [0, 0.05) is 17.2 Å². The maximum atomic E-state index is 11.7. The lowest BCUT2D eigenvalue weighted by molar-refractivity contribution is 0.242. The molecule has 2 rings (SSSR count). The zero-order chi connectivity index (χ0) is 13.6. The smallest absolute Gasteiger partial charge is 0.152 e. The summed E-state index contributed by atoms with van der Waals surface area (Å²) in [5, 5.41) is 18.2. The van der Waals surface area contributed by atoms with Crippen molar-refractivity contribution in [1.29, 1.82) is 5.26 Å². The molecule has 1 N–H and O–H groups in total. The molecule has 1 saturated carbocycles. The molecule has 0 bridgehead atoms. The Morgan fingerprint density at radius 3 is 2.33 bits per heavy atom. The van der Waals surface area contributed by atoms with Gasteiger partial charge in [-0.2, -0.15) is 5.26 Å². The predicted molar refractivity (Wildman–Crippen MR) is 68.0 cm³/mol. The predicted octanol–water partition coefficient (Wildman–Crippen LogP) is 1.35. The molecule has 1 aliphatic carbocycles. The number of aliphatic hydroxyl groups excluding tert-OH is 1. The Hall–Kier alpha value is -1.09. The van der Waals surface area contributed by atoms with Gasteiger partial charge in [-0.15, -0.1) is 0 Å². The lowest BCUT2D eigenvalue weighted by atomic mass is 10.0. The second-order valence-electron chi connectivity index (χ2n) is 4.59. The highest BCUT2D eigenvalue weighted by molar-refractivity contribution is 7.91. The topological polar surface area (TPSA) is 78.2 Å². The molecule has 18 heavy (non-hydrogen) atoms. The summed E-state index contributed by atoms with van der Waals surface area (Å²) in [7, 11) is -3.38. The van der Waals surface area contributed by atoms with E-state index in [1.54, 1.807) is 24.3 Å².